The first-order chi connectivity index (χ1) is 12.2. The number of nitrogens with zero attached hydrogens (tertiary/aromatic N) is 4. The normalized spacial score (nSPS) is 10.4. The van der Waals surface area contributed by atoms with E-state index in [1.807, 2.05) is 36.4 Å². The van der Waals surface area contributed by atoms with Crippen molar-refractivity contribution in [1.29, 1.82) is 0 Å². The van der Waals surface area contributed by atoms with Gasteiger partial charge in [-0.15, -0.1) is 5.10 Å². The van der Waals surface area contributed by atoms with Crippen LogP contribution < -0.4 is 5.32 Å². The molecule has 0 aliphatic heterocycles. The summed E-state index contributed by atoms with van der Waals surface area (Å²) in [6.45, 7) is -0.0347. The van der Waals surface area contributed by atoms with Gasteiger partial charge in [-0.2, -0.15) is 4.68 Å². The van der Waals surface area contributed by atoms with Gasteiger partial charge < -0.3 is 5.32 Å². The second-order valence-corrected chi connectivity index (χ2v) is 6.01. The van der Waals surface area contributed by atoms with Crippen LogP contribution in [-0.4, -0.2) is 44.2 Å². The van der Waals surface area contributed by atoms with Crippen molar-refractivity contribution in [2.45, 2.75) is 5.16 Å². The van der Waals surface area contributed by atoms with Crippen LogP contribution in [0, 0.1) is 0 Å². The Morgan fingerprint density at radius 2 is 1.68 bits per heavy atom. The zero-order chi connectivity index (χ0) is 17.5. The quantitative estimate of drug-likeness (QED) is 0.514. The fourth-order valence-corrected chi connectivity index (χ4v) is 2.81. The van der Waals surface area contributed by atoms with Gasteiger partial charge in [-0.05, 0) is 22.6 Å². The lowest BCUT2D eigenvalue weighted by Crippen LogP contribution is -2.30. The number of tetrazole rings is 1. The number of Topliss-reactive ketones (excluding diaryl/α,β-unsaturated/α-hetero) is 1. The van der Waals surface area contributed by atoms with Gasteiger partial charge in [0.05, 0.1) is 18.0 Å². The number of para-hydroxylation sites is 1. The van der Waals surface area contributed by atoms with E-state index in [0.717, 1.165) is 5.69 Å². The van der Waals surface area contributed by atoms with Gasteiger partial charge in [0.2, 0.25) is 11.1 Å². The van der Waals surface area contributed by atoms with Gasteiger partial charge in [0.25, 0.3) is 0 Å². The third-order valence-electron chi connectivity index (χ3n) is 3.32. The third kappa shape index (κ3) is 4.51. The molecule has 126 valence electrons. The summed E-state index contributed by atoms with van der Waals surface area (Å²) in [5.74, 6) is -0.264. The first-order valence-electron chi connectivity index (χ1n) is 7.55. The van der Waals surface area contributed by atoms with Gasteiger partial charge in [-0.3, -0.25) is 9.59 Å². The summed E-state index contributed by atoms with van der Waals surface area (Å²) in [5.41, 5.74) is 1.39. The molecule has 1 N–H and O–H groups in total. The van der Waals surface area contributed by atoms with Crippen molar-refractivity contribution in [1.82, 2.24) is 25.5 Å². The molecule has 0 atom stereocenters. The van der Waals surface area contributed by atoms with Crippen LogP contribution >= 0.6 is 11.8 Å². The summed E-state index contributed by atoms with van der Waals surface area (Å²) in [6.07, 6.45) is 0. The molecule has 0 aliphatic carbocycles. The monoisotopic (exact) mass is 353 g/mol. The van der Waals surface area contributed by atoms with Gasteiger partial charge in [-0.1, -0.05) is 60.3 Å². The Hall–Kier alpha value is -3.00. The summed E-state index contributed by atoms with van der Waals surface area (Å²) in [7, 11) is 0. The average Bonchev–Trinajstić information content (AvgIpc) is 3.14. The first kappa shape index (κ1) is 16.8. The standard InChI is InChI=1S/C17H15N5O2S/c23-15(13-7-3-1-4-8-13)11-18-16(24)12-25-17-19-20-21-22(17)14-9-5-2-6-10-14/h1-10H,11-12H2,(H,18,24). The maximum atomic E-state index is 12.0. The molecular weight excluding hydrogens is 338 g/mol. The van der Waals surface area contributed by atoms with Crippen molar-refractivity contribution in [3.63, 3.8) is 0 Å². The van der Waals surface area contributed by atoms with Crippen molar-refractivity contribution in [3.05, 3.63) is 66.2 Å². The maximum Gasteiger partial charge on any atom is 0.230 e. The number of thioether (sulfide) groups is 1. The molecule has 0 aliphatic rings. The summed E-state index contributed by atoms with van der Waals surface area (Å²) in [4.78, 5) is 23.9. The molecule has 25 heavy (non-hydrogen) atoms. The Balaban J connectivity index is 1.52. The van der Waals surface area contributed by atoms with Gasteiger partial charge in [0, 0.05) is 5.56 Å². The Labute approximate surface area is 148 Å². The number of benzene rings is 2. The van der Waals surface area contributed by atoms with E-state index < -0.39 is 0 Å². The highest BCUT2D eigenvalue weighted by Gasteiger charge is 2.12. The molecule has 1 heterocycles. The Morgan fingerprint density at radius 3 is 2.40 bits per heavy atom. The number of aromatic nitrogens is 4. The van der Waals surface area contributed by atoms with Crippen molar-refractivity contribution >= 4 is 23.5 Å². The molecule has 0 radical (unpaired) electrons. The predicted octanol–water partition coefficient (Wildman–Crippen LogP) is 1.75. The van der Waals surface area contributed by atoms with Crippen LogP contribution in [0.2, 0.25) is 0 Å². The lowest BCUT2D eigenvalue weighted by atomic mass is 10.1. The molecule has 3 rings (SSSR count). The molecule has 0 saturated heterocycles. The Bertz CT molecular complexity index is 852. The smallest absolute Gasteiger partial charge is 0.230 e. The molecule has 0 saturated carbocycles. The van der Waals surface area contributed by atoms with Crippen molar-refractivity contribution in [3.8, 4) is 5.69 Å². The molecular formula is C17H15N5O2S. The van der Waals surface area contributed by atoms with Crippen LogP contribution in [0.1, 0.15) is 10.4 Å². The largest absolute Gasteiger partial charge is 0.348 e. The molecule has 7 nitrogen and oxygen atoms in total. The van der Waals surface area contributed by atoms with Crippen LogP contribution in [0.4, 0.5) is 0 Å². The minimum Gasteiger partial charge on any atom is -0.348 e. The SMILES string of the molecule is O=C(CSc1nnnn1-c1ccccc1)NCC(=O)c1ccccc1. The van der Waals surface area contributed by atoms with E-state index in [1.165, 1.54) is 11.8 Å². The van der Waals surface area contributed by atoms with Crippen LogP contribution in [0.3, 0.4) is 0 Å². The van der Waals surface area contributed by atoms with Crippen molar-refractivity contribution in [2.24, 2.45) is 0 Å². The van der Waals surface area contributed by atoms with Crippen molar-refractivity contribution < 1.29 is 9.59 Å². The Morgan fingerprint density at radius 1 is 1.00 bits per heavy atom. The summed E-state index contributed by atoms with van der Waals surface area (Å²) in [6, 6.07) is 18.3. The zero-order valence-corrected chi connectivity index (χ0v) is 14.0. The number of carbonyl (C=O) groups is 2. The van der Waals surface area contributed by atoms with E-state index in [0.29, 0.717) is 10.7 Å². The highest BCUT2D eigenvalue weighted by Crippen LogP contribution is 2.17. The summed E-state index contributed by atoms with van der Waals surface area (Å²) >= 11 is 1.21. The topological polar surface area (TPSA) is 89.8 Å². The third-order valence-corrected chi connectivity index (χ3v) is 4.24. The summed E-state index contributed by atoms with van der Waals surface area (Å²) in [5, 5.41) is 14.6. The number of rotatable bonds is 7. The van der Waals surface area contributed by atoms with Crippen molar-refractivity contribution in [2.75, 3.05) is 12.3 Å². The van der Waals surface area contributed by atoms with Crippen LogP contribution in [0.15, 0.2) is 65.8 Å². The first-order valence-corrected chi connectivity index (χ1v) is 8.54. The average molecular weight is 353 g/mol. The number of nitrogens with one attached hydrogen (secondary N) is 1. The van der Waals surface area contributed by atoms with E-state index in [4.69, 9.17) is 0 Å². The molecule has 2 aromatic carbocycles. The van der Waals surface area contributed by atoms with E-state index in [1.54, 1.807) is 28.9 Å². The highest BCUT2D eigenvalue weighted by atomic mass is 32.2. The maximum absolute atomic E-state index is 12.0. The molecule has 8 heteroatoms. The number of hydrogen-bond acceptors (Lipinski definition) is 6. The minimum absolute atomic E-state index is 0.0347. The number of amides is 1. The second kappa shape index (κ2) is 8.20. The predicted molar refractivity (Wildman–Crippen MR) is 93.7 cm³/mol. The van der Waals surface area contributed by atoms with E-state index >= 15 is 0 Å². The number of ketones is 1. The van der Waals surface area contributed by atoms with Gasteiger partial charge in [0.1, 0.15) is 0 Å². The molecule has 0 spiro atoms. The minimum atomic E-state index is -0.253. The summed E-state index contributed by atoms with van der Waals surface area (Å²) < 4.78 is 1.56. The van der Waals surface area contributed by atoms with Crippen LogP contribution in [-0.2, 0) is 4.79 Å². The molecule has 0 fully saturated rings. The molecule has 1 aromatic heterocycles. The molecule has 0 bridgehead atoms. The lowest BCUT2D eigenvalue weighted by molar-refractivity contribution is -0.118. The van der Waals surface area contributed by atoms with E-state index in [9.17, 15) is 9.59 Å². The van der Waals surface area contributed by atoms with E-state index in [2.05, 4.69) is 20.8 Å². The van der Waals surface area contributed by atoms with Crippen LogP contribution in [0.25, 0.3) is 5.69 Å². The lowest BCUT2D eigenvalue weighted by Gasteiger charge is -2.05. The highest BCUT2D eigenvalue weighted by molar-refractivity contribution is 7.99. The Kier molecular flexibility index (Phi) is 5.53. The van der Waals surface area contributed by atoms with Crippen LogP contribution in [0.5, 0.6) is 0 Å². The van der Waals surface area contributed by atoms with Gasteiger partial charge in [-0.25, -0.2) is 0 Å². The second-order valence-electron chi connectivity index (χ2n) is 5.06. The molecule has 3 aromatic rings. The fourth-order valence-electron chi connectivity index (χ4n) is 2.09. The van der Waals surface area contributed by atoms with Gasteiger partial charge >= 0.3 is 0 Å². The zero-order valence-electron chi connectivity index (χ0n) is 13.2. The fraction of sp³-hybridized carbons (Fsp3) is 0.118. The number of carbonyl (C=O) groups excluding carboxylic acids is 2. The van der Waals surface area contributed by atoms with Gasteiger partial charge in [0.15, 0.2) is 5.78 Å². The van der Waals surface area contributed by atoms with E-state index in [-0.39, 0.29) is 24.0 Å². The number of hydrogen-bond donors (Lipinski definition) is 1. The molecule has 1 amide bonds. The molecule has 0 unspecified atom stereocenters.